The van der Waals surface area contributed by atoms with Crippen LogP contribution in [-0.2, 0) is 28.6 Å². The first-order valence-corrected chi connectivity index (χ1v) is 26.5. The van der Waals surface area contributed by atoms with Gasteiger partial charge in [0, 0.05) is 19.3 Å². The van der Waals surface area contributed by atoms with E-state index in [4.69, 9.17) is 14.2 Å². The van der Waals surface area contributed by atoms with Crippen LogP contribution in [-0.4, -0.2) is 37.2 Å². The minimum Gasteiger partial charge on any atom is -0.462 e. The van der Waals surface area contributed by atoms with Gasteiger partial charge in [-0.25, -0.2) is 0 Å². The standard InChI is InChI=1S/C60H96O6/c1-4-7-10-13-16-18-20-22-23-24-25-26-27-28-29-30-31-32-33-34-35-36-37-39-40-42-44-47-50-53-59(62)65-56-57(55-64-58(61)52-49-46-15-12-9-6-3)66-60(63)54-51-48-45-43-41-38-21-19-17-14-11-8-5-2/h7,10-11,14,16,18-19,21-23,25-26,28-29,31-32,34-35,37,39,57H,4-6,8-9,12-13,15,17,20,24,27,30,33,36,38,40-56H2,1-3H3/b10-7-,14-11-,18-16-,21-19-,23-22-,26-25-,29-28-,32-31-,35-34-,39-37-. The molecule has 0 spiro atoms. The van der Waals surface area contributed by atoms with Crippen molar-refractivity contribution in [3.05, 3.63) is 122 Å². The molecule has 1 unspecified atom stereocenters. The second-order valence-corrected chi connectivity index (χ2v) is 17.1. The normalized spacial score (nSPS) is 13.1. The summed E-state index contributed by atoms with van der Waals surface area (Å²) in [5.41, 5.74) is 0. The van der Waals surface area contributed by atoms with Gasteiger partial charge in [0.15, 0.2) is 6.10 Å². The molecule has 0 rings (SSSR count). The molecule has 0 aliphatic rings. The highest BCUT2D eigenvalue weighted by atomic mass is 16.6. The number of ether oxygens (including phenoxy) is 3. The molecule has 6 heteroatoms. The fourth-order valence-electron chi connectivity index (χ4n) is 6.73. The molecule has 0 aliphatic heterocycles. The third kappa shape index (κ3) is 50.8. The van der Waals surface area contributed by atoms with Crippen molar-refractivity contribution in [3.63, 3.8) is 0 Å². The monoisotopic (exact) mass is 913 g/mol. The number of allylic oxidation sites excluding steroid dienone is 20. The van der Waals surface area contributed by atoms with Crippen molar-refractivity contribution in [2.45, 2.75) is 226 Å². The Balaban J connectivity index is 4.23. The van der Waals surface area contributed by atoms with Gasteiger partial charge < -0.3 is 14.2 Å². The summed E-state index contributed by atoms with van der Waals surface area (Å²) in [5.74, 6) is -0.954. The van der Waals surface area contributed by atoms with Gasteiger partial charge in [0.05, 0.1) is 0 Å². The smallest absolute Gasteiger partial charge is 0.306 e. The molecule has 0 aromatic rings. The van der Waals surface area contributed by atoms with Crippen molar-refractivity contribution >= 4 is 17.9 Å². The number of carbonyl (C=O) groups is 3. The topological polar surface area (TPSA) is 78.9 Å². The quantitative estimate of drug-likeness (QED) is 0.0262. The average Bonchev–Trinajstić information content (AvgIpc) is 3.31. The Morgan fingerprint density at radius 2 is 0.621 bits per heavy atom. The predicted octanol–water partition coefficient (Wildman–Crippen LogP) is 17.7. The van der Waals surface area contributed by atoms with Crippen molar-refractivity contribution in [2.75, 3.05) is 13.2 Å². The van der Waals surface area contributed by atoms with Gasteiger partial charge in [0.25, 0.3) is 0 Å². The van der Waals surface area contributed by atoms with Crippen LogP contribution in [0.4, 0.5) is 0 Å². The van der Waals surface area contributed by atoms with Gasteiger partial charge >= 0.3 is 17.9 Å². The van der Waals surface area contributed by atoms with E-state index >= 15 is 0 Å². The number of esters is 3. The maximum Gasteiger partial charge on any atom is 0.306 e. The summed E-state index contributed by atoms with van der Waals surface area (Å²) in [7, 11) is 0. The van der Waals surface area contributed by atoms with E-state index in [1.54, 1.807) is 0 Å². The van der Waals surface area contributed by atoms with Crippen LogP contribution < -0.4 is 0 Å². The lowest BCUT2D eigenvalue weighted by atomic mass is 10.1. The van der Waals surface area contributed by atoms with Crippen LogP contribution in [0.25, 0.3) is 0 Å². The van der Waals surface area contributed by atoms with E-state index < -0.39 is 6.10 Å². The zero-order chi connectivity index (χ0) is 47.9. The highest BCUT2D eigenvalue weighted by Gasteiger charge is 2.19. The lowest BCUT2D eigenvalue weighted by Crippen LogP contribution is -2.30. The molecule has 0 saturated carbocycles. The Kier molecular flexibility index (Phi) is 50.0. The zero-order valence-corrected chi connectivity index (χ0v) is 42.4. The van der Waals surface area contributed by atoms with E-state index in [1.165, 1.54) is 25.7 Å². The molecule has 0 aliphatic carbocycles. The third-order valence-electron chi connectivity index (χ3n) is 10.7. The Labute approximate surface area is 405 Å². The lowest BCUT2D eigenvalue weighted by molar-refractivity contribution is -0.167. The van der Waals surface area contributed by atoms with Crippen molar-refractivity contribution in [1.29, 1.82) is 0 Å². The minimum atomic E-state index is -0.795. The van der Waals surface area contributed by atoms with Crippen LogP contribution in [0.5, 0.6) is 0 Å². The highest BCUT2D eigenvalue weighted by Crippen LogP contribution is 2.12. The lowest BCUT2D eigenvalue weighted by Gasteiger charge is -2.18. The van der Waals surface area contributed by atoms with Crippen molar-refractivity contribution in [3.8, 4) is 0 Å². The highest BCUT2D eigenvalue weighted by molar-refractivity contribution is 5.71. The SMILES string of the molecule is CC/C=C\C/C=C\C/C=C\C/C=C\C/C=C\C/C=C\C/C=C\C/C=C\CCCCCCC(=O)OCC(COC(=O)CCCCCCCC)OC(=O)CCCCCCC/C=C\C/C=C\CCC. The molecule has 0 amide bonds. The number of hydrogen-bond donors (Lipinski definition) is 0. The number of hydrogen-bond acceptors (Lipinski definition) is 6. The molecule has 0 fully saturated rings. The Morgan fingerprint density at radius 1 is 0.318 bits per heavy atom. The molecule has 0 bridgehead atoms. The fraction of sp³-hybridized carbons (Fsp3) is 0.617. The summed E-state index contributed by atoms with van der Waals surface area (Å²) >= 11 is 0. The Morgan fingerprint density at radius 3 is 0.985 bits per heavy atom. The van der Waals surface area contributed by atoms with Crippen LogP contribution in [0.3, 0.4) is 0 Å². The molecule has 66 heavy (non-hydrogen) atoms. The van der Waals surface area contributed by atoms with Crippen molar-refractivity contribution < 1.29 is 28.6 Å². The van der Waals surface area contributed by atoms with Gasteiger partial charge in [-0.3, -0.25) is 14.4 Å². The molecular formula is C60H96O6. The van der Waals surface area contributed by atoms with Crippen LogP contribution in [0.2, 0.25) is 0 Å². The molecule has 372 valence electrons. The molecule has 0 radical (unpaired) electrons. The van der Waals surface area contributed by atoms with Gasteiger partial charge in [-0.05, 0) is 109 Å². The van der Waals surface area contributed by atoms with E-state index in [2.05, 4.69) is 142 Å². The molecule has 0 N–H and O–H groups in total. The van der Waals surface area contributed by atoms with Gasteiger partial charge in [-0.1, -0.05) is 213 Å². The van der Waals surface area contributed by atoms with Crippen molar-refractivity contribution in [2.24, 2.45) is 0 Å². The van der Waals surface area contributed by atoms with Gasteiger partial charge in [-0.15, -0.1) is 0 Å². The summed E-state index contributed by atoms with van der Waals surface area (Å²) in [6, 6.07) is 0. The van der Waals surface area contributed by atoms with Crippen LogP contribution >= 0.6 is 0 Å². The van der Waals surface area contributed by atoms with E-state index in [9.17, 15) is 14.4 Å². The summed E-state index contributed by atoms with van der Waals surface area (Å²) < 4.78 is 16.7. The van der Waals surface area contributed by atoms with E-state index in [0.717, 1.165) is 154 Å². The summed E-state index contributed by atoms with van der Waals surface area (Å²) in [5, 5.41) is 0. The maximum absolute atomic E-state index is 12.7. The summed E-state index contributed by atoms with van der Waals surface area (Å²) in [6.07, 6.45) is 73.6. The summed E-state index contributed by atoms with van der Waals surface area (Å²) in [6.45, 7) is 6.34. The second-order valence-electron chi connectivity index (χ2n) is 17.1. The Bertz CT molecular complexity index is 1420. The molecule has 0 heterocycles. The van der Waals surface area contributed by atoms with E-state index in [0.29, 0.717) is 19.3 Å². The maximum atomic E-state index is 12.7. The largest absolute Gasteiger partial charge is 0.462 e. The van der Waals surface area contributed by atoms with Gasteiger partial charge in [0.2, 0.25) is 0 Å². The molecule has 0 aromatic carbocycles. The van der Waals surface area contributed by atoms with Crippen LogP contribution in [0, 0.1) is 0 Å². The number of carbonyl (C=O) groups excluding carboxylic acids is 3. The molecule has 0 aromatic heterocycles. The van der Waals surface area contributed by atoms with E-state index in [1.807, 2.05) is 0 Å². The van der Waals surface area contributed by atoms with Crippen LogP contribution in [0.1, 0.15) is 220 Å². The molecule has 0 saturated heterocycles. The van der Waals surface area contributed by atoms with Crippen LogP contribution in [0.15, 0.2) is 122 Å². The predicted molar refractivity (Wildman–Crippen MR) is 283 cm³/mol. The third-order valence-corrected chi connectivity index (χ3v) is 10.7. The molecule has 1 atom stereocenters. The van der Waals surface area contributed by atoms with Crippen molar-refractivity contribution in [1.82, 2.24) is 0 Å². The van der Waals surface area contributed by atoms with Gasteiger partial charge in [-0.2, -0.15) is 0 Å². The second kappa shape index (κ2) is 53.4. The zero-order valence-electron chi connectivity index (χ0n) is 42.4. The first kappa shape index (κ1) is 61.8. The summed E-state index contributed by atoms with van der Waals surface area (Å²) in [4.78, 5) is 37.7. The first-order chi connectivity index (χ1) is 32.5. The first-order valence-electron chi connectivity index (χ1n) is 26.5. The fourth-order valence-corrected chi connectivity index (χ4v) is 6.73. The average molecular weight is 913 g/mol. The van der Waals surface area contributed by atoms with E-state index in [-0.39, 0.29) is 31.1 Å². The number of rotatable bonds is 46. The number of unbranched alkanes of at least 4 members (excludes halogenated alkanes) is 15. The van der Waals surface area contributed by atoms with Gasteiger partial charge in [0.1, 0.15) is 13.2 Å². The molecule has 6 nitrogen and oxygen atoms in total. The minimum absolute atomic E-state index is 0.0949. The Hall–Kier alpha value is -4.19. The molecular weight excluding hydrogens is 817 g/mol.